The van der Waals surface area contributed by atoms with Gasteiger partial charge in [0.15, 0.2) is 11.6 Å². The van der Waals surface area contributed by atoms with Crippen molar-refractivity contribution in [3.63, 3.8) is 0 Å². The Bertz CT molecular complexity index is 1500. The van der Waals surface area contributed by atoms with Crippen LogP contribution in [0.5, 0.6) is 0 Å². The number of halogens is 2. The van der Waals surface area contributed by atoms with Crippen LogP contribution in [0.15, 0.2) is 41.3 Å². The molecule has 2 amide bonds. The highest BCUT2D eigenvalue weighted by atomic mass is 19.2. The zero-order chi connectivity index (χ0) is 26.0. The Morgan fingerprint density at radius 2 is 1.94 bits per heavy atom. The molecule has 0 atom stereocenters. The summed E-state index contributed by atoms with van der Waals surface area (Å²) < 4.78 is 38.3. The third-order valence-electron chi connectivity index (χ3n) is 5.97. The van der Waals surface area contributed by atoms with Crippen molar-refractivity contribution >= 4 is 33.7 Å². The molecule has 0 spiro atoms. The summed E-state index contributed by atoms with van der Waals surface area (Å²) in [5, 5.41) is 5.57. The minimum atomic E-state index is -1.16. The maximum atomic E-state index is 15.1. The lowest BCUT2D eigenvalue weighted by atomic mass is 10.0. The zero-order valence-electron chi connectivity index (χ0n) is 20.6. The highest BCUT2D eigenvalue weighted by molar-refractivity contribution is 6.04. The van der Waals surface area contributed by atoms with Crippen molar-refractivity contribution in [3.05, 3.63) is 58.6 Å². The number of anilines is 1. The van der Waals surface area contributed by atoms with Crippen LogP contribution in [-0.4, -0.2) is 66.0 Å². The molecule has 9 nitrogen and oxygen atoms in total. The monoisotopic (exact) mass is 498 g/mol. The summed E-state index contributed by atoms with van der Waals surface area (Å²) in [6.07, 6.45) is 1.62. The van der Waals surface area contributed by atoms with E-state index in [9.17, 15) is 14.0 Å². The lowest BCUT2D eigenvalue weighted by Gasteiger charge is -2.13. The lowest BCUT2D eigenvalue weighted by Crippen LogP contribution is -2.34. The van der Waals surface area contributed by atoms with Crippen molar-refractivity contribution in [2.75, 3.05) is 46.2 Å². The molecule has 2 N–H and O–H groups in total. The zero-order valence-corrected chi connectivity index (χ0v) is 20.6. The molecule has 0 radical (unpaired) electrons. The largest absolute Gasteiger partial charge is 0.383 e. The number of aromatic nitrogens is 3. The second-order valence-electron chi connectivity index (χ2n) is 8.68. The molecule has 2 heterocycles. The molecule has 0 saturated heterocycles. The first-order chi connectivity index (χ1) is 17.2. The predicted octanol–water partition coefficient (Wildman–Crippen LogP) is 3.16. The van der Waals surface area contributed by atoms with Crippen LogP contribution in [0.3, 0.4) is 0 Å². The van der Waals surface area contributed by atoms with E-state index >= 15 is 4.39 Å². The molecule has 0 aliphatic heterocycles. The van der Waals surface area contributed by atoms with Gasteiger partial charge < -0.3 is 20.3 Å². The van der Waals surface area contributed by atoms with E-state index in [2.05, 4.69) is 15.6 Å². The van der Waals surface area contributed by atoms with Crippen molar-refractivity contribution in [3.8, 4) is 11.1 Å². The quantitative estimate of drug-likeness (QED) is 0.389. The number of rotatable bonds is 8. The summed E-state index contributed by atoms with van der Waals surface area (Å²) in [6.45, 7) is 1.62. The van der Waals surface area contributed by atoms with Crippen LogP contribution in [0.1, 0.15) is 0 Å². The number of hydrogen-bond donors (Lipinski definition) is 2. The van der Waals surface area contributed by atoms with Gasteiger partial charge in [0, 0.05) is 38.2 Å². The van der Waals surface area contributed by atoms with E-state index in [0.717, 1.165) is 0 Å². The number of likely N-dealkylation sites (N-methyl/N-ethyl adjacent to an activating group) is 1. The fourth-order valence-electron chi connectivity index (χ4n) is 4.06. The Morgan fingerprint density at radius 1 is 1.17 bits per heavy atom. The van der Waals surface area contributed by atoms with E-state index in [0.29, 0.717) is 53.7 Å². The average molecular weight is 499 g/mol. The Morgan fingerprint density at radius 3 is 2.67 bits per heavy atom. The highest BCUT2D eigenvalue weighted by Crippen LogP contribution is 2.32. The van der Waals surface area contributed by atoms with Gasteiger partial charge in [-0.15, -0.1) is 0 Å². The Hall–Kier alpha value is -3.83. The lowest BCUT2D eigenvalue weighted by molar-refractivity contribution is 0.187. The van der Waals surface area contributed by atoms with E-state index in [1.807, 2.05) is 19.0 Å². The summed E-state index contributed by atoms with van der Waals surface area (Å²) in [6, 6.07) is 7.13. The van der Waals surface area contributed by atoms with Crippen LogP contribution in [0.25, 0.3) is 33.1 Å². The van der Waals surface area contributed by atoms with E-state index < -0.39 is 17.7 Å². The highest BCUT2D eigenvalue weighted by Gasteiger charge is 2.19. The molecule has 0 aliphatic rings. The number of carbonyl (C=O) groups is 1. The van der Waals surface area contributed by atoms with Crippen molar-refractivity contribution in [2.24, 2.45) is 7.05 Å². The molecule has 2 aromatic heterocycles. The third kappa shape index (κ3) is 4.79. The number of nitrogens with zero attached hydrogens (tertiary/aromatic N) is 4. The molecule has 11 heteroatoms. The van der Waals surface area contributed by atoms with Gasteiger partial charge in [-0.05, 0) is 43.9 Å². The number of carbonyl (C=O) groups excluding carboxylic acids is 1. The molecule has 4 rings (SSSR count). The van der Waals surface area contributed by atoms with Gasteiger partial charge >= 0.3 is 11.7 Å². The van der Waals surface area contributed by atoms with E-state index in [1.54, 1.807) is 43.1 Å². The molecule has 0 bridgehead atoms. The van der Waals surface area contributed by atoms with Crippen LogP contribution in [-0.2, 0) is 18.3 Å². The molecule has 0 unspecified atom stereocenters. The number of amides is 2. The molecule has 2 aromatic carbocycles. The first-order valence-electron chi connectivity index (χ1n) is 11.4. The van der Waals surface area contributed by atoms with Crippen LogP contribution >= 0.6 is 0 Å². The van der Waals surface area contributed by atoms with Crippen LogP contribution in [0.2, 0.25) is 0 Å². The first kappa shape index (κ1) is 25.3. The first-order valence-corrected chi connectivity index (χ1v) is 11.4. The molecule has 0 fully saturated rings. The summed E-state index contributed by atoms with van der Waals surface area (Å²) in [4.78, 5) is 31.2. The number of imidazole rings is 1. The molecule has 190 valence electrons. The fraction of sp³-hybridized carbons (Fsp3) is 0.320. The number of aryl methyl sites for hydroxylation is 1. The minimum absolute atomic E-state index is 0.0201. The SMILES string of the molecule is COCCn1c(=O)n(C)c2cnc3ccc(-c4ccc(NC(=O)NCCN(C)C)c(F)c4F)cc3c21. The van der Waals surface area contributed by atoms with Gasteiger partial charge in [-0.3, -0.25) is 14.1 Å². The van der Waals surface area contributed by atoms with Crippen molar-refractivity contribution < 1.29 is 18.3 Å². The van der Waals surface area contributed by atoms with Crippen molar-refractivity contribution in [2.45, 2.75) is 6.54 Å². The Balaban J connectivity index is 1.73. The summed E-state index contributed by atoms with van der Waals surface area (Å²) in [5.41, 5.74) is 1.80. The summed E-state index contributed by atoms with van der Waals surface area (Å²) in [5.74, 6) is -2.26. The van der Waals surface area contributed by atoms with Crippen LogP contribution in [0, 0.1) is 11.6 Å². The van der Waals surface area contributed by atoms with Gasteiger partial charge in [-0.1, -0.05) is 6.07 Å². The third-order valence-corrected chi connectivity index (χ3v) is 5.97. The van der Waals surface area contributed by atoms with Gasteiger partial charge in [-0.25, -0.2) is 18.4 Å². The summed E-state index contributed by atoms with van der Waals surface area (Å²) in [7, 11) is 6.93. The second-order valence-corrected chi connectivity index (χ2v) is 8.68. The number of urea groups is 1. The van der Waals surface area contributed by atoms with Gasteiger partial charge in [0.2, 0.25) is 0 Å². The Kier molecular flexibility index (Phi) is 7.32. The average Bonchev–Trinajstić information content (AvgIpc) is 3.10. The number of fused-ring (bicyclic) bond motifs is 3. The molecular formula is C25H28F2N6O3. The normalized spacial score (nSPS) is 11.5. The molecule has 36 heavy (non-hydrogen) atoms. The Labute approximate surface area is 206 Å². The smallest absolute Gasteiger partial charge is 0.328 e. The number of benzene rings is 2. The number of methoxy groups -OCH3 is 1. The van der Waals surface area contributed by atoms with Crippen molar-refractivity contribution in [1.29, 1.82) is 0 Å². The van der Waals surface area contributed by atoms with Gasteiger partial charge in [0.05, 0.1) is 41.6 Å². The van der Waals surface area contributed by atoms with E-state index in [4.69, 9.17) is 4.74 Å². The molecule has 4 aromatic rings. The predicted molar refractivity (Wildman–Crippen MR) is 135 cm³/mol. The molecular weight excluding hydrogens is 470 g/mol. The molecule has 0 saturated carbocycles. The van der Waals surface area contributed by atoms with E-state index in [-0.39, 0.29) is 16.9 Å². The maximum absolute atomic E-state index is 15.1. The number of hydrogen-bond acceptors (Lipinski definition) is 5. The van der Waals surface area contributed by atoms with Crippen molar-refractivity contribution in [1.82, 2.24) is 24.3 Å². The molecule has 0 aliphatic carbocycles. The van der Waals surface area contributed by atoms with Gasteiger partial charge in [-0.2, -0.15) is 0 Å². The fourth-order valence-corrected chi connectivity index (χ4v) is 4.06. The maximum Gasteiger partial charge on any atom is 0.328 e. The standard InChI is InChI=1S/C25H28F2N6O3/c1-31(2)10-9-28-24(34)30-19-8-6-16(21(26)22(19)27)15-5-7-18-17(13-15)23-20(14-29-18)32(3)25(35)33(23)11-12-36-4/h5-8,13-14H,9-12H2,1-4H3,(H2,28,30,34). The van der Waals surface area contributed by atoms with E-state index in [1.165, 1.54) is 16.7 Å². The minimum Gasteiger partial charge on any atom is -0.383 e. The van der Waals surface area contributed by atoms with Crippen LogP contribution < -0.4 is 16.3 Å². The number of pyridine rings is 1. The second kappa shape index (κ2) is 10.4. The topological polar surface area (TPSA) is 93.4 Å². The summed E-state index contributed by atoms with van der Waals surface area (Å²) >= 11 is 0. The van der Waals surface area contributed by atoms with Crippen LogP contribution in [0.4, 0.5) is 19.3 Å². The number of ether oxygens (including phenoxy) is 1. The number of nitrogens with one attached hydrogen (secondary N) is 2. The van der Waals surface area contributed by atoms with Gasteiger partial charge in [0.1, 0.15) is 0 Å². The van der Waals surface area contributed by atoms with Gasteiger partial charge in [0.25, 0.3) is 0 Å².